The molecule has 2 aliphatic heterocycles. The van der Waals surface area contributed by atoms with Crippen LogP contribution in [0.5, 0.6) is 11.5 Å². The Labute approximate surface area is 169 Å². The Morgan fingerprint density at radius 1 is 1.22 bits per heavy atom. The summed E-state index contributed by atoms with van der Waals surface area (Å²) in [5, 5.41) is 0. The number of sulfonamides is 1. The number of hydrogen-bond acceptors (Lipinski definition) is 5. The lowest BCUT2D eigenvalue weighted by atomic mass is 9.96. The number of likely N-dealkylation sites (N-methyl/N-ethyl adjacent to an activating group) is 1. The van der Waals surface area contributed by atoms with Gasteiger partial charge < -0.3 is 14.4 Å². The summed E-state index contributed by atoms with van der Waals surface area (Å²) in [4.78, 5) is 2.51. The molecule has 154 valence electrons. The SMILES string of the molecule is CCN(CC1CCN(S(C)(=O)=O)CC1)C(C)Cc1ccc2c(c1)OCO2.Cl. The van der Waals surface area contributed by atoms with E-state index in [1.807, 2.05) is 6.07 Å². The van der Waals surface area contributed by atoms with Crippen LogP contribution < -0.4 is 9.47 Å². The van der Waals surface area contributed by atoms with E-state index >= 15 is 0 Å². The van der Waals surface area contributed by atoms with Crippen molar-refractivity contribution in [3.63, 3.8) is 0 Å². The Kier molecular flexibility index (Phi) is 7.80. The fraction of sp³-hybridized carbons (Fsp3) is 0.684. The minimum absolute atomic E-state index is 0. The number of nitrogens with zero attached hydrogens (tertiary/aromatic N) is 2. The number of hydrogen-bond donors (Lipinski definition) is 0. The molecule has 0 amide bonds. The Morgan fingerprint density at radius 2 is 1.89 bits per heavy atom. The largest absolute Gasteiger partial charge is 0.454 e. The number of benzene rings is 1. The van der Waals surface area contributed by atoms with E-state index < -0.39 is 10.0 Å². The summed E-state index contributed by atoms with van der Waals surface area (Å²) in [6.07, 6.45) is 4.16. The normalized spacial score (nSPS) is 19.1. The van der Waals surface area contributed by atoms with Crippen LogP contribution in [0, 0.1) is 5.92 Å². The van der Waals surface area contributed by atoms with Crippen LogP contribution in [0.3, 0.4) is 0 Å². The third kappa shape index (κ3) is 5.73. The maximum Gasteiger partial charge on any atom is 0.231 e. The molecule has 0 aromatic heterocycles. The highest BCUT2D eigenvalue weighted by atomic mass is 35.5. The minimum Gasteiger partial charge on any atom is -0.454 e. The molecule has 0 aliphatic carbocycles. The third-order valence-corrected chi connectivity index (χ3v) is 6.84. The number of ether oxygens (including phenoxy) is 2. The highest BCUT2D eigenvalue weighted by molar-refractivity contribution is 7.88. The molecule has 0 spiro atoms. The van der Waals surface area contributed by atoms with Crippen LogP contribution in [0.25, 0.3) is 0 Å². The second-order valence-corrected chi connectivity index (χ2v) is 9.42. The van der Waals surface area contributed by atoms with Crippen LogP contribution in [0.4, 0.5) is 0 Å². The van der Waals surface area contributed by atoms with Gasteiger partial charge in [-0.2, -0.15) is 0 Å². The van der Waals surface area contributed by atoms with Gasteiger partial charge in [-0.3, -0.25) is 0 Å². The van der Waals surface area contributed by atoms with E-state index in [9.17, 15) is 8.42 Å². The van der Waals surface area contributed by atoms with E-state index in [2.05, 4.69) is 30.9 Å². The lowest BCUT2D eigenvalue weighted by molar-refractivity contribution is 0.152. The summed E-state index contributed by atoms with van der Waals surface area (Å²) < 4.78 is 35.8. The molecule has 2 aliphatic rings. The zero-order valence-electron chi connectivity index (χ0n) is 16.4. The quantitative estimate of drug-likeness (QED) is 0.681. The maximum atomic E-state index is 11.7. The lowest BCUT2D eigenvalue weighted by Gasteiger charge is -2.36. The van der Waals surface area contributed by atoms with Crippen LogP contribution in [0.1, 0.15) is 32.3 Å². The first-order chi connectivity index (χ1) is 12.4. The van der Waals surface area contributed by atoms with Crippen molar-refractivity contribution in [2.75, 3.05) is 39.2 Å². The van der Waals surface area contributed by atoms with Crippen LogP contribution >= 0.6 is 12.4 Å². The first kappa shape index (κ1) is 22.3. The van der Waals surface area contributed by atoms with E-state index in [1.54, 1.807) is 4.31 Å². The average Bonchev–Trinajstić information content (AvgIpc) is 3.07. The first-order valence-corrected chi connectivity index (χ1v) is 11.3. The zero-order valence-corrected chi connectivity index (χ0v) is 18.0. The Bertz CT molecular complexity index is 720. The van der Waals surface area contributed by atoms with Gasteiger partial charge in [0.2, 0.25) is 16.8 Å². The van der Waals surface area contributed by atoms with E-state index in [0.29, 0.717) is 31.8 Å². The van der Waals surface area contributed by atoms with Gasteiger partial charge in [0, 0.05) is 25.7 Å². The third-order valence-electron chi connectivity index (χ3n) is 5.53. The van der Waals surface area contributed by atoms with Crippen molar-refractivity contribution in [3.8, 4) is 11.5 Å². The van der Waals surface area contributed by atoms with Crippen molar-refractivity contribution in [2.45, 2.75) is 39.2 Å². The van der Waals surface area contributed by atoms with Gasteiger partial charge in [-0.15, -0.1) is 12.4 Å². The molecule has 1 saturated heterocycles. The zero-order chi connectivity index (χ0) is 18.7. The standard InChI is InChI=1S/C19H30N2O4S.ClH/c1-4-20(13-16-7-9-21(10-8-16)26(3,22)23)15(2)11-17-5-6-18-19(12-17)25-14-24-18;/h5-6,12,15-16H,4,7-11,13-14H2,1-3H3;1H. The Balaban J connectivity index is 0.00000261. The van der Waals surface area contributed by atoms with Crippen LogP contribution in [-0.2, 0) is 16.4 Å². The van der Waals surface area contributed by atoms with Gasteiger partial charge in [-0.1, -0.05) is 13.0 Å². The second-order valence-electron chi connectivity index (χ2n) is 7.43. The molecule has 6 nitrogen and oxygen atoms in total. The summed E-state index contributed by atoms with van der Waals surface area (Å²) in [6.45, 7) is 8.09. The molecule has 1 atom stereocenters. The molecular weight excluding hydrogens is 388 g/mol. The van der Waals surface area contributed by atoms with Gasteiger partial charge in [0.15, 0.2) is 11.5 Å². The van der Waals surface area contributed by atoms with Gasteiger partial charge in [-0.05, 0) is 56.3 Å². The number of halogens is 1. The van der Waals surface area contributed by atoms with Gasteiger partial charge in [0.1, 0.15) is 0 Å². The highest BCUT2D eigenvalue weighted by Gasteiger charge is 2.27. The van der Waals surface area contributed by atoms with Crippen molar-refractivity contribution in [3.05, 3.63) is 23.8 Å². The van der Waals surface area contributed by atoms with E-state index in [4.69, 9.17) is 9.47 Å². The molecule has 2 heterocycles. The molecule has 1 unspecified atom stereocenters. The van der Waals surface area contributed by atoms with E-state index in [-0.39, 0.29) is 12.4 Å². The molecule has 0 bridgehead atoms. The van der Waals surface area contributed by atoms with E-state index in [0.717, 1.165) is 43.9 Å². The fourth-order valence-electron chi connectivity index (χ4n) is 3.91. The van der Waals surface area contributed by atoms with Crippen molar-refractivity contribution in [1.29, 1.82) is 0 Å². The Hall–Kier alpha value is -1.02. The first-order valence-electron chi connectivity index (χ1n) is 9.44. The molecule has 3 rings (SSSR count). The summed E-state index contributed by atoms with van der Waals surface area (Å²) in [7, 11) is -3.05. The smallest absolute Gasteiger partial charge is 0.231 e. The topological polar surface area (TPSA) is 59.1 Å². The maximum absolute atomic E-state index is 11.7. The van der Waals surface area contributed by atoms with Gasteiger partial charge >= 0.3 is 0 Å². The molecule has 27 heavy (non-hydrogen) atoms. The van der Waals surface area contributed by atoms with Gasteiger partial charge in [-0.25, -0.2) is 12.7 Å². The summed E-state index contributed by atoms with van der Waals surface area (Å²) in [5.41, 5.74) is 1.26. The molecule has 0 saturated carbocycles. The number of fused-ring (bicyclic) bond motifs is 1. The van der Waals surface area contributed by atoms with Crippen molar-refractivity contribution in [2.24, 2.45) is 5.92 Å². The Morgan fingerprint density at radius 3 is 2.52 bits per heavy atom. The summed E-state index contributed by atoms with van der Waals surface area (Å²) >= 11 is 0. The highest BCUT2D eigenvalue weighted by Crippen LogP contribution is 2.33. The van der Waals surface area contributed by atoms with Gasteiger partial charge in [0.25, 0.3) is 0 Å². The minimum atomic E-state index is -3.05. The second kappa shape index (κ2) is 9.45. The summed E-state index contributed by atoms with van der Waals surface area (Å²) in [5.74, 6) is 2.23. The molecule has 8 heteroatoms. The van der Waals surface area contributed by atoms with Crippen molar-refractivity contribution >= 4 is 22.4 Å². The van der Waals surface area contributed by atoms with Crippen LogP contribution in [-0.4, -0.2) is 62.9 Å². The average molecular weight is 419 g/mol. The van der Waals surface area contributed by atoms with E-state index in [1.165, 1.54) is 11.8 Å². The molecule has 0 N–H and O–H groups in total. The molecular formula is C19H31ClN2O4S. The molecule has 1 fully saturated rings. The van der Waals surface area contributed by atoms with Crippen LogP contribution in [0.15, 0.2) is 18.2 Å². The number of rotatable bonds is 7. The van der Waals surface area contributed by atoms with Gasteiger partial charge in [0.05, 0.1) is 6.26 Å². The van der Waals surface area contributed by atoms with Crippen molar-refractivity contribution < 1.29 is 17.9 Å². The predicted octanol–water partition coefficient (Wildman–Crippen LogP) is 2.76. The van der Waals surface area contributed by atoms with Crippen LogP contribution in [0.2, 0.25) is 0 Å². The lowest BCUT2D eigenvalue weighted by Crippen LogP contribution is -2.43. The monoisotopic (exact) mass is 418 g/mol. The molecule has 1 aromatic carbocycles. The van der Waals surface area contributed by atoms with Crippen molar-refractivity contribution in [1.82, 2.24) is 9.21 Å². The summed E-state index contributed by atoms with van der Waals surface area (Å²) in [6, 6.07) is 6.61. The predicted molar refractivity (Wildman–Crippen MR) is 109 cm³/mol. The fourth-order valence-corrected chi connectivity index (χ4v) is 4.79. The molecule has 1 aromatic rings. The molecule has 0 radical (unpaired) electrons. The number of piperidine rings is 1.